The van der Waals surface area contributed by atoms with Gasteiger partial charge >= 0.3 is 0 Å². The maximum atomic E-state index is 12.9. The molecule has 1 amide bonds. The van der Waals surface area contributed by atoms with Crippen molar-refractivity contribution < 1.29 is 14.3 Å². The number of para-hydroxylation sites is 2. The zero-order chi connectivity index (χ0) is 22.3. The molecule has 8 nitrogen and oxygen atoms in total. The number of amides is 1. The SMILES string of the molecule is C=CCn1c(SCC(=O)N(CC)C[C@@H]2COc3ccccc3O2)nnc1-c1cccnc1. The predicted octanol–water partition coefficient (Wildman–Crippen LogP) is 3.31. The lowest BCUT2D eigenvalue weighted by Crippen LogP contribution is -2.44. The molecule has 0 unspecified atom stereocenters. The van der Waals surface area contributed by atoms with Crippen molar-refractivity contribution in [1.29, 1.82) is 0 Å². The number of thioether (sulfide) groups is 1. The Morgan fingerprint density at radius 1 is 1.28 bits per heavy atom. The van der Waals surface area contributed by atoms with E-state index in [4.69, 9.17) is 9.47 Å². The van der Waals surface area contributed by atoms with Gasteiger partial charge in [0.05, 0.1) is 12.3 Å². The Kier molecular flexibility index (Phi) is 7.06. The quantitative estimate of drug-likeness (QED) is 0.365. The van der Waals surface area contributed by atoms with Gasteiger partial charge in [-0.05, 0) is 31.2 Å². The Hall–Kier alpha value is -3.33. The summed E-state index contributed by atoms with van der Waals surface area (Å²) < 4.78 is 13.7. The van der Waals surface area contributed by atoms with Crippen molar-refractivity contribution in [1.82, 2.24) is 24.6 Å². The summed E-state index contributed by atoms with van der Waals surface area (Å²) in [6.07, 6.45) is 5.03. The van der Waals surface area contributed by atoms with Crippen molar-refractivity contribution in [2.45, 2.75) is 24.7 Å². The van der Waals surface area contributed by atoms with Gasteiger partial charge in [0, 0.05) is 31.0 Å². The molecule has 0 saturated heterocycles. The fourth-order valence-electron chi connectivity index (χ4n) is 3.42. The number of allylic oxidation sites excluding steroid dienone is 1. The summed E-state index contributed by atoms with van der Waals surface area (Å²) in [6, 6.07) is 11.4. The minimum atomic E-state index is -0.208. The van der Waals surface area contributed by atoms with Crippen molar-refractivity contribution in [2.24, 2.45) is 0 Å². The second kappa shape index (κ2) is 10.3. The molecule has 3 aromatic rings. The molecular formula is C23H25N5O3S. The monoisotopic (exact) mass is 451 g/mol. The summed E-state index contributed by atoms with van der Waals surface area (Å²) in [7, 11) is 0. The van der Waals surface area contributed by atoms with Crippen molar-refractivity contribution in [2.75, 3.05) is 25.4 Å². The summed E-state index contributed by atoms with van der Waals surface area (Å²) in [5, 5.41) is 9.27. The number of carbonyl (C=O) groups is 1. The Labute approximate surface area is 191 Å². The van der Waals surface area contributed by atoms with Crippen molar-refractivity contribution in [3.8, 4) is 22.9 Å². The first-order valence-corrected chi connectivity index (χ1v) is 11.4. The third-order valence-corrected chi connectivity index (χ3v) is 5.95. The molecule has 1 aliphatic heterocycles. The van der Waals surface area contributed by atoms with Crippen molar-refractivity contribution in [3.05, 3.63) is 61.4 Å². The van der Waals surface area contributed by atoms with Crippen LogP contribution in [0.15, 0.2) is 66.6 Å². The van der Waals surface area contributed by atoms with E-state index in [1.54, 1.807) is 23.4 Å². The van der Waals surface area contributed by atoms with Crippen LogP contribution in [0.1, 0.15) is 6.92 Å². The molecule has 1 aliphatic rings. The van der Waals surface area contributed by atoms with E-state index in [0.29, 0.717) is 43.0 Å². The molecule has 0 bridgehead atoms. The van der Waals surface area contributed by atoms with Crippen LogP contribution in [0.25, 0.3) is 11.4 Å². The lowest BCUT2D eigenvalue weighted by Gasteiger charge is -2.30. The first-order chi connectivity index (χ1) is 15.7. The number of nitrogens with zero attached hydrogens (tertiary/aromatic N) is 5. The summed E-state index contributed by atoms with van der Waals surface area (Å²) >= 11 is 1.36. The average molecular weight is 452 g/mol. The van der Waals surface area contributed by atoms with Crippen LogP contribution < -0.4 is 9.47 Å². The molecule has 32 heavy (non-hydrogen) atoms. The predicted molar refractivity (Wildman–Crippen MR) is 123 cm³/mol. The zero-order valence-corrected chi connectivity index (χ0v) is 18.7. The highest BCUT2D eigenvalue weighted by Gasteiger charge is 2.25. The third kappa shape index (κ3) is 4.94. The molecule has 0 N–H and O–H groups in total. The molecule has 0 fully saturated rings. The number of carbonyl (C=O) groups excluding carboxylic acids is 1. The summed E-state index contributed by atoms with van der Waals surface area (Å²) in [5.74, 6) is 2.41. The van der Waals surface area contributed by atoms with Gasteiger partial charge in [0.1, 0.15) is 6.61 Å². The smallest absolute Gasteiger partial charge is 0.233 e. The van der Waals surface area contributed by atoms with Gasteiger partial charge in [0.2, 0.25) is 5.91 Å². The third-order valence-electron chi connectivity index (χ3n) is 5.00. The van der Waals surface area contributed by atoms with Crippen molar-refractivity contribution in [3.63, 3.8) is 0 Å². The Bertz CT molecular complexity index is 1070. The van der Waals surface area contributed by atoms with E-state index in [0.717, 1.165) is 11.3 Å². The van der Waals surface area contributed by atoms with E-state index < -0.39 is 0 Å². The number of pyridine rings is 1. The minimum absolute atomic E-state index is 0.0102. The molecule has 9 heteroatoms. The zero-order valence-electron chi connectivity index (χ0n) is 17.9. The first-order valence-electron chi connectivity index (χ1n) is 10.4. The van der Waals surface area contributed by atoms with E-state index in [1.165, 1.54) is 11.8 Å². The Morgan fingerprint density at radius 3 is 2.88 bits per heavy atom. The summed E-state index contributed by atoms with van der Waals surface area (Å²) in [4.78, 5) is 18.9. The largest absolute Gasteiger partial charge is 0.486 e. The van der Waals surface area contributed by atoms with Crippen LogP contribution in [-0.2, 0) is 11.3 Å². The second-order valence-electron chi connectivity index (χ2n) is 7.17. The fraction of sp³-hybridized carbons (Fsp3) is 0.304. The highest BCUT2D eigenvalue weighted by Crippen LogP contribution is 2.31. The Balaban J connectivity index is 1.39. The fourth-order valence-corrected chi connectivity index (χ4v) is 4.27. The van der Waals surface area contributed by atoms with Crippen LogP contribution in [0.3, 0.4) is 0 Å². The van der Waals surface area contributed by atoms with Gasteiger partial charge in [-0.3, -0.25) is 14.3 Å². The van der Waals surface area contributed by atoms with Crippen LogP contribution >= 0.6 is 11.8 Å². The topological polar surface area (TPSA) is 82.4 Å². The first kappa shape index (κ1) is 21.9. The summed E-state index contributed by atoms with van der Waals surface area (Å²) in [6.45, 7) is 7.79. The number of likely N-dealkylation sites (N-methyl/N-ethyl adjacent to an activating group) is 1. The lowest BCUT2D eigenvalue weighted by molar-refractivity contribution is -0.129. The molecular weight excluding hydrogens is 426 g/mol. The number of ether oxygens (including phenoxy) is 2. The van der Waals surface area contributed by atoms with Crippen LogP contribution in [0.4, 0.5) is 0 Å². The Morgan fingerprint density at radius 2 is 2.12 bits per heavy atom. The van der Waals surface area contributed by atoms with Gasteiger partial charge in [0.15, 0.2) is 28.6 Å². The van der Waals surface area contributed by atoms with Gasteiger partial charge in [0.25, 0.3) is 0 Å². The van der Waals surface area contributed by atoms with E-state index in [9.17, 15) is 4.79 Å². The number of aromatic nitrogens is 4. The van der Waals surface area contributed by atoms with Crippen LogP contribution in [0, 0.1) is 0 Å². The normalized spacial score (nSPS) is 14.7. The van der Waals surface area contributed by atoms with E-state index >= 15 is 0 Å². The molecule has 0 radical (unpaired) electrons. The van der Waals surface area contributed by atoms with Gasteiger partial charge in [-0.1, -0.05) is 30.0 Å². The maximum Gasteiger partial charge on any atom is 0.233 e. The molecule has 2 aromatic heterocycles. The van der Waals surface area contributed by atoms with Gasteiger partial charge in [-0.25, -0.2) is 0 Å². The van der Waals surface area contributed by atoms with E-state index in [1.807, 2.05) is 47.9 Å². The number of hydrogen-bond donors (Lipinski definition) is 0. The number of benzene rings is 1. The standard InChI is InChI=1S/C23H25N5O3S/c1-3-12-28-22(17-8-7-11-24-13-17)25-26-23(28)32-16-21(29)27(4-2)14-18-15-30-19-9-5-6-10-20(19)31-18/h3,5-11,13,18H,1,4,12,14-16H2,2H3/t18-/m1/s1. The average Bonchev–Trinajstić information content (AvgIpc) is 3.24. The van der Waals surface area contributed by atoms with Crippen LogP contribution in [0.2, 0.25) is 0 Å². The highest BCUT2D eigenvalue weighted by molar-refractivity contribution is 7.99. The van der Waals surface area contributed by atoms with Gasteiger partial charge in [-0.2, -0.15) is 0 Å². The van der Waals surface area contributed by atoms with Crippen LogP contribution in [0.5, 0.6) is 11.5 Å². The van der Waals surface area contributed by atoms with Crippen LogP contribution in [-0.4, -0.2) is 62.1 Å². The molecule has 0 saturated carbocycles. The number of rotatable bonds is 9. The number of hydrogen-bond acceptors (Lipinski definition) is 7. The van der Waals surface area contributed by atoms with Crippen molar-refractivity contribution >= 4 is 17.7 Å². The van der Waals surface area contributed by atoms with E-state index in [2.05, 4.69) is 21.8 Å². The lowest BCUT2D eigenvalue weighted by atomic mass is 10.2. The highest BCUT2D eigenvalue weighted by atomic mass is 32.2. The maximum absolute atomic E-state index is 12.9. The molecule has 1 aromatic carbocycles. The summed E-state index contributed by atoms with van der Waals surface area (Å²) in [5.41, 5.74) is 0.866. The molecule has 1 atom stereocenters. The molecule has 4 rings (SSSR count). The molecule has 166 valence electrons. The van der Waals surface area contributed by atoms with Gasteiger partial charge < -0.3 is 14.4 Å². The molecule has 0 aliphatic carbocycles. The minimum Gasteiger partial charge on any atom is -0.486 e. The molecule has 3 heterocycles. The van der Waals surface area contributed by atoms with E-state index in [-0.39, 0.29) is 17.8 Å². The second-order valence-corrected chi connectivity index (χ2v) is 8.11. The molecule has 0 spiro atoms. The number of fused-ring (bicyclic) bond motifs is 1. The van der Waals surface area contributed by atoms with Gasteiger partial charge in [-0.15, -0.1) is 16.8 Å².